The first-order valence-electron chi connectivity index (χ1n) is 9.37. The van der Waals surface area contributed by atoms with Crippen LogP contribution in [-0.4, -0.2) is 17.0 Å². The van der Waals surface area contributed by atoms with Crippen molar-refractivity contribution in [3.63, 3.8) is 0 Å². The Bertz CT molecular complexity index is 1220. The van der Waals surface area contributed by atoms with Gasteiger partial charge in [0.25, 0.3) is 0 Å². The number of carbonyl (C=O) groups is 1. The van der Waals surface area contributed by atoms with Crippen LogP contribution in [0.3, 0.4) is 0 Å². The molecule has 1 heterocycles. The smallest absolute Gasteiger partial charge is 0.205 e. The molecule has 0 N–H and O–H groups in total. The van der Waals surface area contributed by atoms with Gasteiger partial charge in [0.15, 0.2) is 11.0 Å². The van der Waals surface area contributed by atoms with Gasteiger partial charge in [0, 0.05) is 29.6 Å². The number of fused-ring (bicyclic) bond motifs is 1. The Hall–Kier alpha value is -3.13. The molecule has 1 aliphatic rings. The minimum absolute atomic E-state index is 0.238. The van der Waals surface area contributed by atoms with Gasteiger partial charge in [0.2, 0.25) is 5.78 Å². The van der Waals surface area contributed by atoms with Crippen molar-refractivity contribution in [1.29, 1.82) is 0 Å². The van der Waals surface area contributed by atoms with E-state index in [1.165, 1.54) is 0 Å². The summed E-state index contributed by atoms with van der Waals surface area (Å²) < 4.78 is 14.5. The minimum atomic E-state index is -1.58. The van der Waals surface area contributed by atoms with Crippen LogP contribution in [-0.2, 0) is 17.4 Å². The van der Waals surface area contributed by atoms with Gasteiger partial charge in [-0.3, -0.25) is 9.10 Å². The minimum Gasteiger partial charge on any atom is -0.290 e. The molecule has 0 saturated carbocycles. The summed E-state index contributed by atoms with van der Waals surface area (Å²) in [6, 6.07) is 22.5. The fraction of sp³-hybridized carbons (Fsp3) is 0.0800. The average molecular weight is 432 g/mol. The first-order chi connectivity index (χ1) is 14.5. The highest BCUT2D eigenvalue weighted by atomic mass is 35.5. The average Bonchev–Trinajstić information content (AvgIpc) is 2.77. The Kier molecular flexibility index (Phi) is 5.85. The Labute approximate surface area is 183 Å². The van der Waals surface area contributed by atoms with E-state index in [2.05, 4.69) is 11.8 Å². The monoisotopic (exact) mass is 431 g/mol. The number of allylic oxidation sites excluding steroid dienone is 1. The molecule has 3 nitrogen and oxygen atoms in total. The number of nitrogens with zero attached hydrogens (tertiary/aromatic N) is 1. The molecule has 0 spiro atoms. The van der Waals surface area contributed by atoms with Crippen LogP contribution in [0.15, 0.2) is 77.7 Å². The predicted molar refractivity (Wildman–Crippen MR) is 124 cm³/mol. The lowest BCUT2D eigenvalue weighted by Gasteiger charge is -2.27. The Morgan fingerprint density at radius 1 is 1.03 bits per heavy atom. The van der Waals surface area contributed by atoms with E-state index < -0.39 is 11.0 Å². The number of carbonyl (C=O) groups excluding carboxylic acids is 1. The molecule has 1 atom stereocenters. The summed E-state index contributed by atoms with van der Waals surface area (Å²) in [4.78, 5) is 13.4. The van der Waals surface area contributed by atoms with E-state index in [1.807, 2.05) is 36.4 Å². The van der Waals surface area contributed by atoms with Crippen LogP contribution in [0.25, 0.3) is 6.08 Å². The molecule has 0 bridgehead atoms. The first kappa shape index (κ1) is 20.2. The third-order valence-corrected chi connectivity index (χ3v) is 6.40. The van der Waals surface area contributed by atoms with Gasteiger partial charge in [-0.15, -0.1) is 0 Å². The topological polar surface area (TPSA) is 37.4 Å². The second kappa shape index (κ2) is 8.71. The number of anilines is 1. The van der Waals surface area contributed by atoms with Crippen LogP contribution in [0.5, 0.6) is 0 Å². The molecule has 148 valence electrons. The summed E-state index contributed by atoms with van der Waals surface area (Å²) in [5.41, 5.74) is 3.81. The lowest BCUT2D eigenvalue weighted by atomic mass is 10.0. The third-order valence-electron chi connectivity index (χ3n) is 4.78. The van der Waals surface area contributed by atoms with E-state index in [0.717, 1.165) is 16.7 Å². The second-order valence-electron chi connectivity index (χ2n) is 6.83. The zero-order chi connectivity index (χ0) is 21.1. The fourth-order valence-electron chi connectivity index (χ4n) is 3.19. The molecule has 5 heteroatoms. The summed E-state index contributed by atoms with van der Waals surface area (Å²) in [5.74, 6) is 6.04. The van der Waals surface area contributed by atoms with Crippen molar-refractivity contribution < 1.29 is 9.00 Å². The van der Waals surface area contributed by atoms with Gasteiger partial charge >= 0.3 is 0 Å². The van der Waals surface area contributed by atoms with Crippen molar-refractivity contribution in [2.75, 3.05) is 11.4 Å². The SMILES string of the molecule is CN1c2ccc(C#CCc3ccccc3)cc2C(=O)/C(=C/c2ccc(Cl)cc2)S1=O. The van der Waals surface area contributed by atoms with Gasteiger partial charge in [-0.25, -0.2) is 4.21 Å². The highest BCUT2D eigenvalue weighted by molar-refractivity contribution is 7.91. The summed E-state index contributed by atoms with van der Waals surface area (Å²) >= 11 is 5.93. The summed E-state index contributed by atoms with van der Waals surface area (Å²) in [5, 5.41) is 0.606. The maximum atomic E-state index is 13.1. The summed E-state index contributed by atoms with van der Waals surface area (Å²) in [7, 11) is 0.139. The lowest BCUT2D eigenvalue weighted by molar-refractivity contribution is 0.104. The maximum Gasteiger partial charge on any atom is 0.205 e. The number of hydrogen-bond donors (Lipinski definition) is 0. The summed E-state index contributed by atoms with van der Waals surface area (Å²) in [6.45, 7) is 0. The predicted octanol–water partition coefficient (Wildman–Crippen LogP) is 5.27. The first-order valence-corrected chi connectivity index (χ1v) is 10.9. The highest BCUT2D eigenvalue weighted by Crippen LogP contribution is 2.33. The molecular formula is C25H18ClNO2S. The fourth-order valence-corrected chi connectivity index (χ4v) is 4.45. The van der Waals surface area contributed by atoms with Crippen molar-refractivity contribution in [2.24, 2.45) is 0 Å². The number of hydrogen-bond acceptors (Lipinski definition) is 2. The van der Waals surface area contributed by atoms with Crippen molar-refractivity contribution in [3.05, 3.63) is 105 Å². The highest BCUT2D eigenvalue weighted by Gasteiger charge is 2.31. The number of benzene rings is 3. The number of Topliss-reactive ketones (excluding diaryl/α,β-unsaturated/α-hetero) is 1. The van der Waals surface area contributed by atoms with Gasteiger partial charge in [-0.2, -0.15) is 0 Å². The van der Waals surface area contributed by atoms with Gasteiger partial charge < -0.3 is 0 Å². The van der Waals surface area contributed by atoms with Crippen LogP contribution in [0.2, 0.25) is 5.02 Å². The standard InChI is InChI=1S/C25H18ClNO2S/c1-27-23-15-12-19(9-5-8-18-6-3-2-4-7-18)16-22(23)25(28)24(30(27)29)17-20-10-13-21(26)14-11-20/h2-4,6-7,10-17H,8H2,1H3/b24-17-. The maximum absolute atomic E-state index is 13.1. The molecular weight excluding hydrogens is 414 g/mol. The summed E-state index contributed by atoms with van der Waals surface area (Å²) in [6.07, 6.45) is 2.29. The molecule has 1 aliphatic heterocycles. The van der Waals surface area contributed by atoms with Crippen molar-refractivity contribution >= 4 is 40.1 Å². The molecule has 0 aliphatic carbocycles. The van der Waals surface area contributed by atoms with E-state index in [9.17, 15) is 9.00 Å². The zero-order valence-electron chi connectivity index (χ0n) is 16.3. The quantitative estimate of drug-likeness (QED) is 0.409. The third kappa shape index (κ3) is 4.23. The van der Waals surface area contributed by atoms with E-state index >= 15 is 0 Å². The molecule has 0 fully saturated rings. The molecule has 1 unspecified atom stereocenters. The number of ketones is 1. The van der Waals surface area contributed by atoms with Crippen LogP contribution in [0.1, 0.15) is 27.0 Å². The van der Waals surface area contributed by atoms with Gasteiger partial charge in [-0.1, -0.05) is 65.9 Å². The molecule has 3 aromatic rings. The molecule has 30 heavy (non-hydrogen) atoms. The van der Waals surface area contributed by atoms with Crippen LogP contribution in [0.4, 0.5) is 5.69 Å². The van der Waals surface area contributed by atoms with E-state index in [4.69, 9.17) is 11.6 Å². The van der Waals surface area contributed by atoms with Crippen LogP contribution >= 0.6 is 11.6 Å². The van der Waals surface area contributed by atoms with Gasteiger partial charge in [-0.05, 0) is 47.5 Å². The van der Waals surface area contributed by atoms with Crippen molar-refractivity contribution in [1.82, 2.24) is 0 Å². The number of rotatable bonds is 2. The number of halogens is 1. The Balaban J connectivity index is 1.66. The van der Waals surface area contributed by atoms with Crippen LogP contribution in [0, 0.1) is 11.8 Å². The lowest BCUT2D eigenvalue weighted by Crippen LogP contribution is -2.31. The molecule has 0 aromatic heterocycles. The van der Waals surface area contributed by atoms with Gasteiger partial charge in [0.1, 0.15) is 4.91 Å². The molecule has 3 aromatic carbocycles. The molecule has 0 amide bonds. The largest absolute Gasteiger partial charge is 0.290 e. The Morgan fingerprint density at radius 2 is 1.77 bits per heavy atom. The van der Waals surface area contributed by atoms with Crippen LogP contribution < -0.4 is 4.31 Å². The van der Waals surface area contributed by atoms with E-state index in [1.54, 1.807) is 53.8 Å². The van der Waals surface area contributed by atoms with E-state index in [-0.39, 0.29) is 10.7 Å². The molecule has 4 rings (SSSR count). The van der Waals surface area contributed by atoms with Crippen molar-refractivity contribution in [2.45, 2.75) is 6.42 Å². The molecule has 0 radical (unpaired) electrons. The van der Waals surface area contributed by atoms with E-state index in [0.29, 0.717) is 22.7 Å². The Morgan fingerprint density at radius 3 is 2.50 bits per heavy atom. The zero-order valence-corrected chi connectivity index (χ0v) is 17.8. The molecule has 0 saturated heterocycles. The second-order valence-corrected chi connectivity index (χ2v) is 8.75. The van der Waals surface area contributed by atoms with Crippen molar-refractivity contribution in [3.8, 4) is 11.8 Å². The van der Waals surface area contributed by atoms with Gasteiger partial charge in [0.05, 0.1) is 5.69 Å². The normalized spacial score (nSPS) is 16.7.